The zero-order valence-electron chi connectivity index (χ0n) is 10.1. The summed E-state index contributed by atoms with van der Waals surface area (Å²) < 4.78 is 0. The summed E-state index contributed by atoms with van der Waals surface area (Å²) in [6.45, 7) is 11.0. The molecule has 0 bridgehead atoms. The summed E-state index contributed by atoms with van der Waals surface area (Å²) in [5.41, 5.74) is 0.493. The maximum absolute atomic E-state index is 9.55. The highest BCUT2D eigenvalue weighted by atomic mass is 16.3. The predicted molar refractivity (Wildman–Crippen MR) is 60.3 cm³/mol. The summed E-state index contributed by atoms with van der Waals surface area (Å²) in [6, 6.07) is 0.309. The molecule has 0 aromatic heterocycles. The molecule has 14 heavy (non-hydrogen) atoms. The topological polar surface area (TPSA) is 23.5 Å². The van der Waals surface area contributed by atoms with Gasteiger partial charge in [0.1, 0.15) is 0 Å². The first kappa shape index (κ1) is 12.0. The van der Waals surface area contributed by atoms with Crippen molar-refractivity contribution in [3.8, 4) is 0 Å². The van der Waals surface area contributed by atoms with Gasteiger partial charge >= 0.3 is 0 Å². The summed E-state index contributed by atoms with van der Waals surface area (Å²) in [6.07, 6.45) is 3.63. The summed E-state index contributed by atoms with van der Waals surface area (Å²) in [4.78, 5) is 2.43. The molecule has 0 amide bonds. The number of aliphatic hydroxyl groups is 1. The smallest absolute Gasteiger partial charge is 0.0664 e. The van der Waals surface area contributed by atoms with Gasteiger partial charge in [-0.3, -0.25) is 4.90 Å². The molecule has 2 atom stereocenters. The van der Waals surface area contributed by atoms with E-state index in [9.17, 15) is 5.11 Å². The molecule has 1 saturated heterocycles. The first-order valence-electron chi connectivity index (χ1n) is 5.84. The molecular weight excluding hydrogens is 174 g/mol. The number of hydrogen-bond donors (Lipinski definition) is 1. The van der Waals surface area contributed by atoms with Crippen LogP contribution in [0.2, 0.25) is 0 Å². The van der Waals surface area contributed by atoms with Crippen LogP contribution in [0, 0.1) is 5.41 Å². The largest absolute Gasteiger partial charge is 0.392 e. The minimum absolute atomic E-state index is 0.212. The second-order valence-corrected chi connectivity index (χ2v) is 5.53. The maximum atomic E-state index is 9.55. The molecule has 2 nitrogen and oxygen atoms in total. The Balaban J connectivity index is 2.50. The molecule has 1 heterocycles. The van der Waals surface area contributed by atoms with Crippen molar-refractivity contribution >= 4 is 0 Å². The Morgan fingerprint density at radius 1 is 1.14 bits per heavy atom. The van der Waals surface area contributed by atoms with Gasteiger partial charge < -0.3 is 5.11 Å². The van der Waals surface area contributed by atoms with E-state index in [4.69, 9.17) is 0 Å². The monoisotopic (exact) mass is 199 g/mol. The summed E-state index contributed by atoms with van der Waals surface area (Å²) in [7, 11) is 0. The second-order valence-electron chi connectivity index (χ2n) is 5.53. The number of aliphatic hydroxyl groups excluding tert-OH is 1. The minimum Gasteiger partial charge on any atom is -0.392 e. The number of nitrogens with zero attached hydrogens (tertiary/aromatic N) is 1. The molecule has 2 unspecified atom stereocenters. The minimum atomic E-state index is -0.212. The average Bonchev–Trinajstić information content (AvgIpc) is 2.25. The molecule has 0 aliphatic carbocycles. The normalized spacial score (nSPS) is 28.1. The van der Waals surface area contributed by atoms with Crippen LogP contribution in [-0.4, -0.2) is 35.2 Å². The van der Waals surface area contributed by atoms with Crippen molar-refractivity contribution in [2.45, 2.75) is 59.1 Å². The van der Waals surface area contributed by atoms with Crippen LogP contribution in [0.1, 0.15) is 47.0 Å². The lowest BCUT2D eigenvalue weighted by Crippen LogP contribution is -2.41. The SMILES string of the molecule is CC(O)C(C)N1CCCC(C)(C)CC1. The third-order valence-electron chi connectivity index (χ3n) is 3.65. The Morgan fingerprint density at radius 2 is 1.79 bits per heavy atom. The lowest BCUT2D eigenvalue weighted by molar-refractivity contribution is 0.0711. The van der Waals surface area contributed by atoms with Gasteiger partial charge in [0.25, 0.3) is 0 Å². The first-order chi connectivity index (χ1) is 6.42. The van der Waals surface area contributed by atoms with E-state index in [1.54, 1.807) is 0 Å². The molecular formula is C12H25NO. The molecule has 0 radical (unpaired) electrons. The highest BCUT2D eigenvalue weighted by Gasteiger charge is 2.26. The standard InChI is InChI=1S/C12H25NO/c1-10(11(2)14)13-8-5-6-12(3,4)7-9-13/h10-11,14H,5-9H2,1-4H3. The van der Waals surface area contributed by atoms with Crippen LogP contribution < -0.4 is 0 Å². The summed E-state index contributed by atoms with van der Waals surface area (Å²) in [5.74, 6) is 0. The highest BCUT2D eigenvalue weighted by Crippen LogP contribution is 2.30. The van der Waals surface area contributed by atoms with Crippen molar-refractivity contribution < 1.29 is 5.11 Å². The molecule has 2 heteroatoms. The number of hydrogen-bond acceptors (Lipinski definition) is 2. The van der Waals surface area contributed by atoms with Gasteiger partial charge in [-0.05, 0) is 51.6 Å². The average molecular weight is 199 g/mol. The lowest BCUT2D eigenvalue weighted by Gasteiger charge is -2.30. The molecule has 0 aromatic carbocycles. The van der Waals surface area contributed by atoms with Crippen LogP contribution in [0.4, 0.5) is 0 Å². The van der Waals surface area contributed by atoms with Crippen LogP contribution in [-0.2, 0) is 0 Å². The van der Waals surface area contributed by atoms with Crippen LogP contribution >= 0.6 is 0 Å². The second kappa shape index (κ2) is 4.63. The van der Waals surface area contributed by atoms with Crippen LogP contribution in [0.15, 0.2) is 0 Å². The molecule has 0 aromatic rings. The molecule has 1 aliphatic rings. The van der Waals surface area contributed by atoms with Gasteiger partial charge in [-0.25, -0.2) is 0 Å². The van der Waals surface area contributed by atoms with E-state index in [0.29, 0.717) is 11.5 Å². The first-order valence-corrected chi connectivity index (χ1v) is 5.84. The van der Waals surface area contributed by atoms with Crippen LogP contribution in [0.5, 0.6) is 0 Å². The van der Waals surface area contributed by atoms with Gasteiger partial charge in [-0.1, -0.05) is 13.8 Å². The number of rotatable bonds is 2. The van der Waals surface area contributed by atoms with Crippen molar-refractivity contribution in [1.82, 2.24) is 4.90 Å². The quantitative estimate of drug-likeness (QED) is 0.737. The molecule has 1 fully saturated rings. The summed E-state index contributed by atoms with van der Waals surface area (Å²) in [5, 5.41) is 9.55. The van der Waals surface area contributed by atoms with Gasteiger partial charge in [0.2, 0.25) is 0 Å². The third-order valence-corrected chi connectivity index (χ3v) is 3.65. The van der Waals surface area contributed by atoms with E-state index in [1.165, 1.54) is 19.3 Å². The summed E-state index contributed by atoms with van der Waals surface area (Å²) >= 11 is 0. The Kier molecular flexibility index (Phi) is 3.96. The van der Waals surface area contributed by atoms with E-state index >= 15 is 0 Å². The molecule has 0 spiro atoms. The van der Waals surface area contributed by atoms with E-state index in [0.717, 1.165) is 13.1 Å². The maximum Gasteiger partial charge on any atom is 0.0664 e. The van der Waals surface area contributed by atoms with E-state index in [-0.39, 0.29) is 6.10 Å². The highest BCUT2D eigenvalue weighted by molar-refractivity contribution is 4.80. The van der Waals surface area contributed by atoms with Gasteiger partial charge in [0, 0.05) is 6.04 Å². The van der Waals surface area contributed by atoms with Crippen molar-refractivity contribution in [2.24, 2.45) is 5.41 Å². The van der Waals surface area contributed by atoms with Crippen LogP contribution in [0.3, 0.4) is 0 Å². The Bertz CT molecular complexity index is 177. The zero-order valence-corrected chi connectivity index (χ0v) is 10.1. The fourth-order valence-electron chi connectivity index (χ4n) is 2.16. The van der Waals surface area contributed by atoms with Gasteiger partial charge in [0.05, 0.1) is 6.10 Å². The predicted octanol–water partition coefficient (Wildman–Crippen LogP) is 2.27. The fraction of sp³-hybridized carbons (Fsp3) is 1.00. The van der Waals surface area contributed by atoms with Crippen molar-refractivity contribution in [1.29, 1.82) is 0 Å². The molecule has 1 aliphatic heterocycles. The Morgan fingerprint density at radius 3 is 2.36 bits per heavy atom. The fourth-order valence-corrected chi connectivity index (χ4v) is 2.16. The Labute approximate surface area is 88.3 Å². The van der Waals surface area contributed by atoms with E-state index < -0.39 is 0 Å². The van der Waals surface area contributed by atoms with Crippen molar-refractivity contribution in [3.05, 3.63) is 0 Å². The lowest BCUT2D eigenvalue weighted by atomic mass is 9.85. The van der Waals surface area contributed by atoms with Gasteiger partial charge in [-0.15, -0.1) is 0 Å². The zero-order chi connectivity index (χ0) is 10.8. The van der Waals surface area contributed by atoms with Gasteiger partial charge in [-0.2, -0.15) is 0 Å². The molecule has 1 rings (SSSR count). The Hall–Kier alpha value is -0.0800. The molecule has 0 saturated carbocycles. The van der Waals surface area contributed by atoms with E-state index in [2.05, 4.69) is 25.7 Å². The van der Waals surface area contributed by atoms with Crippen LogP contribution in [0.25, 0.3) is 0 Å². The van der Waals surface area contributed by atoms with Crippen molar-refractivity contribution in [2.75, 3.05) is 13.1 Å². The third kappa shape index (κ3) is 3.25. The van der Waals surface area contributed by atoms with E-state index in [1.807, 2.05) is 6.92 Å². The van der Waals surface area contributed by atoms with Gasteiger partial charge in [0.15, 0.2) is 0 Å². The number of likely N-dealkylation sites (tertiary alicyclic amines) is 1. The van der Waals surface area contributed by atoms with Crippen molar-refractivity contribution in [3.63, 3.8) is 0 Å². The molecule has 84 valence electrons. The molecule has 1 N–H and O–H groups in total.